The molecule has 0 N–H and O–H groups in total. The third-order valence-electron chi connectivity index (χ3n) is 2.47. The Hall–Kier alpha value is -0.800. The molecule has 0 aliphatic rings. The first kappa shape index (κ1) is 14.3. The third kappa shape index (κ3) is 6.49. The van der Waals surface area contributed by atoms with E-state index in [1.807, 2.05) is 42.1 Å². The Morgan fingerprint density at radius 2 is 1.88 bits per heavy atom. The zero-order valence-corrected chi connectivity index (χ0v) is 11.5. The van der Waals surface area contributed by atoms with Crippen LogP contribution in [-0.2, 0) is 0 Å². The van der Waals surface area contributed by atoms with Crippen LogP contribution in [-0.4, -0.2) is 42.8 Å². The highest BCUT2D eigenvalue weighted by molar-refractivity contribution is 7.99. The molecular formula is C14H21NOS. The first-order valence-corrected chi connectivity index (χ1v) is 7.16. The van der Waals surface area contributed by atoms with E-state index in [2.05, 4.69) is 19.0 Å². The number of carbonyl (C=O) groups excluding carboxylic acids is 1. The molecule has 0 fully saturated rings. The van der Waals surface area contributed by atoms with Crippen LogP contribution in [0.1, 0.15) is 23.2 Å². The molecule has 0 unspecified atom stereocenters. The molecule has 0 atom stereocenters. The van der Waals surface area contributed by atoms with Crippen molar-refractivity contribution in [2.45, 2.75) is 12.8 Å². The number of benzene rings is 1. The van der Waals surface area contributed by atoms with E-state index in [0.717, 1.165) is 30.0 Å². The van der Waals surface area contributed by atoms with Crippen molar-refractivity contribution in [1.82, 2.24) is 4.90 Å². The van der Waals surface area contributed by atoms with Crippen molar-refractivity contribution in [1.29, 1.82) is 0 Å². The van der Waals surface area contributed by atoms with Crippen molar-refractivity contribution in [3.63, 3.8) is 0 Å². The van der Waals surface area contributed by atoms with Crippen LogP contribution in [0.25, 0.3) is 0 Å². The minimum absolute atomic E-state index is 0.263. The zero-order chi connectivity index (χ0) is 12.5. The average molecular weight is 251 g/mol. The van der Waals surface area contributed by atoms with Crippen LogP contribution in [0, 0.1) is 0 Å². The summed E-state index contributed by atoms with van der Waals surface area (Å²) >= 11 is 1.92. The lowest BCUT2D eigenvalue weighted by Crippen LogP contribution is -2.15. The summed E-state index contributed by atoms with van der Waals surface area (Å²) < 4.78 is 0. The fourth-order valence-corrected chi connectivity index (χ4v) is 2.50. The van der Waals surface area contributed by atoms with E-state index < -0.39 is 0 Å². The van der Waals surface area contributed by atoms with Crippen LogP contribution in [0.4, 0.5) is 0 Å². The van der Waals surface area contributed by atoms with Crippen LogP contribution >= 0.6 is 11.8 Å². The van der Waals surface area contributed by atoms with Gasteiger partial charge >= 0.3 is 0 Å². The molecule has 1 aromatic rings. The van der Waals surface area contributed by atoms with Gasteiger partial charge in [0, 0.05) is 24.3 Å². The predicted molar refractivity (Wildman–Crippen MR) is 75.9 cm³/mol. The second kappa shape index (κ2) is 8.31. The summed E-state index contributed by atoms with van der Waals surface area (Å²) in [7, 11) is 4.17. The van der Waals surface area contributed by atoms with Crippen LogP contribution < -0.4 is 0 Å². The largest absolute Gasteiger partial charge is 0.309 e. The van der Waals surface area contributed by atoms with Crippen molar-refractivity contribution in [2.75, 3.05) is 32.1 Å². The molecule has 1 rings (SSSR count). The molecule has 0 aromatic heterocycles. The highest BCUT2D eigenvalue weighted by Gasteiger charge is 2.03. The summed E-state index contributed by atoms with van der Waals surface area (Å²) in [6.07, 6.45) is 1.64. The van der Waals surface area contributed by atoms with Gasteiger partial charge in [0.25, 0.3) is 0 Å². The van der Waals surface area contributed by atoms with Crippen molar-refractivity contribution >= 4 is 17.5 Å². The maximum absolute atomic E-state index is 11.8. The summed E-state index contributed by atoms with van der Waals surface area (Å²) in [5.74, 6) is 2.48. The molecule has 0 aliphatic heterocycles. The number of Topliss-reactive ketones (excluding diaryl/α,β-unsaturated/α-hetero) is 1. The highest BCUT2D eigenvalue weighted by atomic mass is 32.2. The fraction of sp³-hybridized carbons (Fsp3) is 0.500. The van der Waals surface area contributed by atoms with E-state index in [1.165, 1.54) is 0 Å². The lowest BCUT2D eigenvalue weighted by molar-refractivity contribution is 0.0982. The first-order chi connectivity index (χ1) is 8.20. The van der Waals surface area contributed by atoms with Crippen LogP contribution in [0.5, 0.6) is 0 Å². The fourth-order valence-electron chi connectivity index (χ4n) is 1.45. The van der Waals surface area contributed by atoms with Crippen molar-refractivity contribution in [3.05, 3.63) is 35.9 Å². The lowest BCUT2D eigenvalue weighted by atomic mass is 10.1. The Morgan fingerprint density at radius 1 is 1.18 bits per heavy atom. The molecule has 0 spiro atoms. The number of ketones is 1. The number of carbonyl (C=O) groups is 1. The Kier molecular flexibility index (Phi) is 6.97. The number of hydrogen-bond acceptors (Lipinski definition) is 3. The molecule has 3 heteroatoms. The molecule has 17 heavy (non-hydrogen) atoms. The summed E-state index contributed by atoms with van der Waals surface area (Å²) in [4.78, 5) is 14.0. The molecule has 0 amide bonds. The number of nitrogens with zero attached hydrogens (tertiary/aromatic N) is 1. The normalized spacial score (nSPS) is 10.8. The molecule has 0 heterocycles. The first-order valence-electron chi connectivity index (χ1n) is 6.01. The molecule has 0 bridgehead atoms. The van der Waals surface area contributed by atoms with Crippen LogP contribution in [0.2, 0.25) is 0 Å². The maximum Gasteiger partial charge on any atom is 0.162 e. The van der Waals surface area contributed by atoms with E-state index in [4.69, 9.17) is 0 Å². The second-order valence-electron chi connectivity index (χ2n) is 4.31. The Balaban J connectivity index is 2.09. The molecule has 0 aliphatic carbocycles. The van der Waals surface area contributed by atoms with Crippen molar-refractivity contribution in [2.24, 2.45) is 0 Å². The number of thioether (sulfide) groups is 1. The van der Waals surface area contributed by atoms with Gasteiger partial charge in [0.2, 0.25) is 0 Å². The zero-order valence-electron chi connectivity index (χ0n) is 10.7. The van der Waals surface area contributed by atoms with Crippen LogP contribution in [0.3, 0.4) is 0 Å². The Bertz CT molecular complexity index is 324. The van der Waals surface area contributed by atoms with E-state index >= 15 is 0 Å². The minimum atomic E-state index is 0.263. The van der Waals surface area contributed by atoms with Gasteiger partial charge in [-0.15, -0.1) is 0 Å². The van der Waals surface area contributed by atoms with Gasteiger partial charge in [-0.05, 0) is 26.3 Å². The van der Waals surface area contributed by atoms with E-state index in [0.29, 0.717) is 6.42 Å². The van der Waals surface area contributed by atoms with Crippen molar-refractivity contribution in [3.8, 4) is 0 Å². The second-order valence-corrected chi connectivity index (χ2v) is 5.53. The Morgan fingerprint density at radius 3 is 2.53 bits per heavy atom. The summed E-state index contributed by atoms with van der Waals surface area (Å²) in [5.41, 5.74) is 0.839. The summed E-state index contributed by atoms with van der Waals surface area (Å²) in [6, 6.07) is 9.55. The van der Waals surface area contributed by atoms with Gasteiger partial charge in [-0.1, -0.05) is 30.3 Å². The van der Waals surface area contributed by atoms with Gasteiger partial charge in [0.05, 0.1) is 0 Å². The smallest absolute Gasteiger partial charge is 0.162 e. The number of rotatable bonds is 8. The molecule has 0 radical (unpaired) electrons. The predicted octanol–water partition coefficient (Wildman–Crippen LogP) is 2.94. The minimum Gasteiger partial charge on any atom is -0.309 e. The van der Waals surface area contributed by atoms with Crippen molar-refractivity contribution < 1.29 is 4.79 Å². The number of hydrogen-bond donors (Lipinski definition) is 0. The van der Waals surface area contributed by atoms with Gasteiger partial charge in [-0.25, -0.2) is 0 Å². The summed E-state index contributed by atoms with van der Waals surface area (Å²) in [5, 5.41) is 0. The van der Waals surface area contributed by atoms with Gasteiger partial charge in [0.1, 0.15) is 0 Å². The molecule has 2 nitrogen and oxygen atoms in total. The summed E-state index contributed by atoms with van der Waals surface area (Å²) in [6.45, 7) is 1.11. The van der Waals surface area contributed by atoms with E-state index in [-0.39, 0.29) is 5.78 Å². The van der Waals surface area contributed by atoms with Gasteiger partial charge in [-0.2, -0.15) is 11.8 Å². The molecule has 1 aromatic carbocycles. The lowest BCUT2D eigenvalue weighted by Gasteiger charge is -2.08. The SMILES string of the molecule is CN(C)CCSCCCC(=O)c1ccccc1. The average Bonchev–Trinajstić information content (AvgIpc) is 2.34. The Labute approximate surface area is 108 Å². The van der Waals surface area contributed by atoms with Gasteiger partial charge < -0.3 is 4.90 Å². The molecular weight excluding hydrogens is 230 g/mol. The molecule has 0 saturated carbocycles. The van der Waals surface area contributed by atoms with Gasteiger partial charge in [0.15, 0.2) is 5.78 Å². The third-order valence-corrected chi connectivity index (χ3v) is 3.52. The monoisotopic (exact) mass is 251 g/mol. The van der Waals surface area contributed by atoms with Crippen LogP contribution in [0.15, 0.2) is 30.3 Å². The molecule has 0 saturated heterocycles. The molecule has 94 valence electrons. The quantitative estimate of drug-likeness (QED) is 0.523. The maximum atomic E-state index is 11.8. The topological polar surface area (TPSA) is 20.3 Å². The van der Waals surface area contributed by atoms with E-state index in [1.54, 1.807) is 0 Å². The van der Waals surface area contributed by atoms with E-state index in [9.17, 15) is 4.79 Å². The highest BCUT2D eigenvalue weighted by Crippen LogP contribution is 2.09. The van der Waals surface area contributed by atoms with Gasteiger partial charge in [-0.3, -0.25) is 4.79 Å². The standard InChI is InChI=1S/C14H21NOS/c1-15(2)10-12-17-11-6-9-14(16)13-7-4-3-5-8-13/h3-5,7-8H,6,9-12H2,1-2H3.